The molecule has 0 aliphatic carbocycles. The highest BCUT2D eigenvalue weighted by Gasteiger charge is 2.17. The Balaban J connectivity index is 2.28. The Labute approximate surface area is 106 Å². The van der Waals surface area contributed by atoms with Crippen molar-refractivity contribution in [3.8, 4) is 0 Å². The minimum atomic E-state index is 0.257. The van der Waals surface area contributed by atoms with Crippen LogP contribution in [0.25, 0.3) is 0 Å². The van der Waals surface area contributed by atoms with E-state index in [0.29, 0.717) is 0 Å². The maximum atomic E-state index is 4.26. The Morgan fingerprint density at radius 2 is 2.35 bits per heavy atom. The molecule has 2 aromatic rings. The lowest BCUT2D eigenvalue weighted by molar-refractivity contribution is 0.554. The number of nitrogens with zero attached hydrogens (tertiary/aromatic N) is 2. The van der Waals surface area contributed by atoms with Crippen molar-refractivity contribution in [1.82, 2.24) is 15.1 Å². The number of aryl methyl sites for hydroxylation is 2. The summed E-state index contributed by atoms with van der Waals surface area (Å²) in [6.45, 7) is 5.35. The van der Waals surface area contributed by atoms with Crippen molar-refractivity contribution in [1.29, 1.82) is 0 Å². The minimum Gasteiger partial charge on any atom is -0.305 e. The molecule has 2 aromatic heterocycles. The molecule has 1 atom stereocenters. The Bertz CT molecular complexity index is 472. The topological polar surface area (TPSA) is 29.9 Å². The van der Waals surface area contributed by atoms with Crippen molar-refractivity contribution in [3.63, 3.8) is 0 Å². The van der Waals surface area contributed by atoms with Crippen LogP contribution in [0.5, 0.6) is 0 Å². The zero-order valence-electron chi connectivity index (χ0n) is 10.6. The van der Waals surface area contributed by atoms with Gasteiger partial charge in [0.15, 0.2) is 0 Å². The third-order valence-electron chi connectivity index (χ3n) is 2.84. The largest absolute Gasteiger partial charge is 0.305 e. The Morgan fingerprint density at radius 3 is 2.88 bits per heavy atom. The van der Waals surface area contributed by atoms with Crippen LogP contribution >= 0.6 is 11.3 Å². The molecule has 0 fully saturated rings. The fraction of sp³-hybridized carbons (Fsp3) is 0.462. The normalized spacial score (nSPS) is 12.9. The molecular weight excluding hydrogens is 230 g/mol. The van der Waals surface area contributed by atoms with E-state index in [4.69, 9.17) is 0 Å². The molecular formula is C13H19N3S. The van der Waals surface area contributed by atoms with Gasteiger partial charge in [-0.3, -0.25) is 4.68 Å². The van der Waals surface area contributed by atoms with Crippen LogP contribution in [0.15, 0.2) is 23.7 Å². The molecule has 0 aromatic carbocycles. The highest BCUT2D eigenvalue weighted by molar-refractivity contribution is 7.10. The van der Waals surface area contributed by atoms with Gasteiger partial charge in [0.05, 0.1) is 11.7 Å². The van der Waals surface area contributed by atoms with E-state index in [2.05, 4.69) is 41.8 Å². The Kier molecular flexibility index (Phi) is 3.97. The van der Waals surface area contributed by atoms with Crippen LogP contribution in [0.2, 0.25) is 0 Å². The lowest BCUT2D eigenvalue weighted by atomic mass is 10.1. The van der Waals surface area contributed by atoms with Gasteiger partial charge < -0.3 is 5.32 Å². The van der Waals surface area contributed by atoms with Gasteiger partial charge in [0.1, 0.15) is 0 Å². The first kappa shape index (κ1) is 12.3. The van der Waals surface area contributed by atoms with E-state index in [1.807, 2.05) is 17.9 Å². The first-order chi connectivity index (χ1) is 8.22. The zero-order valence-corrected chi connectivity index (χ0v) is 11.4. The molecule has 0 spiro atoms. The lowest BCUT2D eigenvalue weighted by Gasteiger charge is -2.17. The summed E-state index contributed by atoms with van der Waals surface area (Å²) in [4.78, 5) is 1.35. The summed E-state index contributed by atoms with van der Waals surface area (Å²) in [6, 6.07) is 4.60. The van der Waals surface area contributed by atoms with Crippen LogP contribution in [0.3, 0.4) is 0 Å². The molecule has 2 heterocycles. The molecule has 1 unspecified atom stereocenters. The number of nitrogens with one attached hydrogen (secondary N) is 1. The van der Waals surface area contributed by atoms with Crippen molar-refractivity contribution in [3.05, 3.63) is 39.8 Å². The first-order valence-corrected chi connectivity index (χ1v) is 6.86. The fourth-order valence-electron chi connectivity index (χ4n) is 1.96. The monoisotopic (exact) mass is 249 g/mol. The second-order valence-electron chi connectivity index (χ2n) is 4.26. The maximum Gasteiger partial charge on any atom is 0.0756 e. The van der Waals surface area contributed by atoms with Crippen LogP contribution in [0.1, 0.15) is 35.5 Å². The number of aromatic nitrogens is 2. The average Bonchev–Trinajstić information content (AvgIpc) is 2.90. The van der Waals surface area contributed by atoms with Crippen molar-refractivity contribution >= 4 is 11.3 Å². The molecule has 0 aliphatic rings. The molecule has 0 saturated heterocycles. The van der Waals surface area contributed by atoms with Crippen LogP contribution in [-0.4, -0.2) is 16.3 Å². The van der Waals surface area contributed by atoms with E-state index in [1.54, 1.807) is 11.3 Å². The molecule has 0 bridgehead atoms. The third kappa shape index (κ3) is 2.76. The molecule has 3 nitrogen and oxygen atoms in total. The smallest absolute Gasteiger partial charge is 0.0756 e. The molecule has 0 saturated carbocycles. The fourth-order valence-corrected chi connectivity index (χ4v) is 2.69. The minimum absolute atomic E-state index is 0.257. The van der Waals surface area contributed by atoms with Crippen LogP contribution in [0.4, 0.5) is 0 Å². The predicted octanol–water partition coefficient (Wildman–Crippen LogP) is 2.88. The van der Waals surface area contributed by atoms with Gasteiger partial charge in [-0.2, -0.15) is 5.10 Å². The Hall–Kier alpha value is -1.13. The summed E-state index contributed by atoms with van der Waals surface area (Å²) < 4.78 is 1.94. The number of hydrogen-bond donors (Lipinski definition) is 1. The van der Waals surface area contributed by atoms with E-state index in [0.717, 1.165) is 13.0 Å². The average molecular weight is 249 g/mol. The quantitative estimate of drug-likeness (QED) is 0.883. The summed E-state index contributed by atoms with van der Waals surface area (Å²) in [5, 5.41) is 10.1. The maximum absolute atomic E-state index is 4.26. The summed E-state index contributed by atoms with van der Waals surface area (Å²) in [5.41, 5.74) is 2.56. The van der Waals surface area contributed by atoms with E-state index < -0.39 is 0 Å². The van der Waals surface area contributed by atoms with Gasteiger partial charge in [-0.1, -0.05) is 6.92 Å². The van der Waals surface area contributed by atoms with E-state index in [1.165, 1.54) is 16.1 Å². The van der Waals surface area contributed by atoms with Gasteiger partial charge in [0.2, 0.25) is 0 Å². The van der Waals surface area contributed by atoms with Gasteiger partial charge in [-0.25, -0.2) is 0 Å². The third-order valence-corrected chi connectivity index (χ3v) is 3.72. The highest BCUT2D eigenvalue weighted by atomic mass is 32.1. The van der Waals surface area contributed by atoms with Gasteiger partial charge in [-0.05, 0) is 43.0 Å². The molecule has 2 rings (SSSR count). The molecule has 92 valence electrons. The molecule has 4 heteroatoms. The summed E-state index contributed by atoms with van der Waals surface area (Å²) >= 11 is 1.80. The van der Waals surface area contributed by atoms with Crippen molar-refractivity contribution in [2.45, 2.75) is 26.3 Å². The summed E-state index contributed by atoms with van der Waals surface area (Å²) in [7, 11) is 2.00. The molecule has 17 heavy (non-hydrogen) atoms. The lowest BCUT2D eigenvalue weighted by Crippen LogP contribution is -2.24. The van der Waals surface area contributed by atoms with Crippen LogP contribution in [-0.2, 0) is 7.05 Å². The van der Waals surface area contributed by atoms with Crippen LogP contribution < -0.4 is 5.32 Å². The first-order valence-electron chi connectivity index (χ1n) is 5.98. The van der Waals surface area contributed by atoms with Crippen LogP contribution in [0, 0.1) is 6.92 Å². The standard InChI is InChI=1S/C13H19N3S/c1-4-6-14-13(11-8-10(2)17-9-11)12-5-7-15-16(12)3/h5,7-9,13-14H,4,6H2,1-3H3. The molecule has 0 aliphatic heterocycles. The number of thiophene rings is 1. The number of rotatable bonds is 5. The Morgan fingerprint density at radius 1 is 1.53 bits per heavy atom. The second kappa shape index (κ2) is 5.47. The summed E-state index contributed by atoms with van der Waals surface area (Å²) in [6.07, 6.45) is 2.99. The van der Waals surface area contributed by atoms with Crippen molar-refractivity contribution in [2.24, 2.45) is 7.05 Å². The van der Waals surface area contributed by atoms with Gasteiger partial charge in [0.25, 0.3) is 0 Å². The van der Waals surface area contributed by atoms with E-state index >= 15 is 0 Å². The molecule has 0 radical (unpaired) electrons. The summed E-state index contributed by atoms with van der Waals surface area (Å²) in [5.74, 6) is 0. The van der Waals surface area contributed by atoms with Gasteiger partial charge in [-0.15, -0.1) is 11.3 Å². The van der Waals surface area contributed by atoms with Gasteiger partial charge >= 0.3 is 0 Å². The predicted molar refractivity (Wildman–Crippen MR) is 72.4 cm³/mol. The highest BCUT2D eigenvalue weighted by Crippen LogP contribution is 2.25. The van der Waals surface area contributed by atoms with E-state index in [9.17, 15) is 0 Å². The molecule has 1 N–H and O–H groups in total. The van der Waals surface area contributed by atoms with Gasteiger partial charge in [0, 0.05) is 18.1 Å². The SMILES string of the molecule is CCCNC(c1csc(C)c1)c1ccnn1C. The van der Waals surface area contributed by atoms with Crippen molar-refractivity contribution < 1.29 is 0 Å². The zero-order chi connectivity index (χ0) is 12.3. The number of hydrogen-bond acceptors (Lipinski definition) is 3. The second-order valence-corrected chi connectivity index (χ2v) is 5.37. The van der Waals surface area contributed by atoms with E-state index in [-0.39, 0.29) is 6.04 Å². The van der Waals surface area contributed by atoms with Crippen molar-refractivity contribution in [2.75, 3.05) is 6.54 Å². The molecule has 0 amide bonds.